The van der Waals surface area contributed by atoms with Crippen LogP contribution in [0.1, 0.15) is 18.4 Å². The zero-order valence-electron chi connectivity index (χ0n) is 12.9. The molecule has 2 amide bonds. The highest BCUT2D eigenvalue weighted by molar-refractivity contribution is 6.31. The molecule has 1 aliphatic heterocycles. The number of likely N-dealkylation sites (tertiary alicyclic amines) is 1. The van der Waals surface area contributed by atoms with Crippen molar-refractivity contribution in [3.8, 4) is 0 Å². The number of benzene rings is 1. The molecule has 1 aromatic carbocycles. The van der Waals surface area contributed by atoms with Crippen LogP contribution in [0, 0.1) is 17.7 Å². The Balaban J connectivity index is 1.70. The first-order chi connectivity index (χ1) is 11.0. The minimum Gasteiger partial charge on any atom is -0.316 e. The van der Waals surface area contributed by atoms with Crippen molar-refractivity contribution in [2.45, 2.75) is 19.4 Å². The van der Waals surface area contributed by atoms with Gasteiger partial charge in [-0.05, 0) is 25.0 Å². The number of hydrogen-bond acceptors (Lipinski definition) is 2. The Morgan fingerprint density at radius 2 is 1.83 bits per heavy atom. The summed E-state index contributed by atoms with van der Waals surface area (Å²) in [7, 11) is 1.82. The smallest absolute Gasteiger partial charge is 0.237 e. The first-order valence-electron chi connectivity index (χ1n) is 7.73. The second-order valence-electron chi connectivity index (χ2n) is 6.25. The van der Waals surface area contributed by atoms with Gasteiger partial charge in [-0.3, -0.25) is 9.59 Å². The molecule has 0 bridgehead atoms. The molecule has 1 aliphatic carbocycles. The number of carbonyl (C=O) groups excluding carboxylic acids is 2. The number of halogens is 2. The predicted molar refractivity (Wildman–Crippen MR) is 84.1 cm³/mol. The third-order valence-corrected chi connectivity index (χ3v) is 4.92. The molecule has 3 rings (SSSR count). The molecule has 0 spiro atoms. The predicted octanol–water partition coefficient (Wildman–Crippen LogP) is 1.40. The first kappa shape index (κ1) is 16.1. The van der Waals surface area contributed by atoms with Gasteiger partial charge in [-0.2, -0.15) is 0 Å². The van der Waals surface area contributed by atoms with Crippen LogP contribution in [0.5, 0.6) is 0 Å². The SMILES string of the molecule is C[NH+](Cc1c(F)cccc1Cl)CN1C(=O)[C@H]2CC=CC[C@H]2C1=O. The average molecular weight is 338 g/mol. The second-order valence-corrected chi connectivity index (χ2v) is 6.66. The Morgan fingerprint density at radius 1 is 1.22 bits per heavy atom. The van der Waals surface area contributed by atoms with E-state index in [9.17, 15) is 14.0 Å². The standard InChI is InChI=1S/C17H18ClFN2O2/c1-20(9-13-14(18)7-4-8-15(13)19)10-21-16(22)11-5-2-3-6-12(11)17(21)23/h2-4,7-8,11-12H,5-6,9-10H2,1H3/p+1/t11-,12+. The number of nitrogens with one attached hydrogen (secondary N) is 1. The molecule has 0 radical (unpaired) electrons. The van der Waals surface area contributed by atoms with Crippen molar-refractivity contribution in [1.29, 1.82) is 0 Å². The van der Waals surface area contributed by atoms with E-state index in [0.717, 1.165) is 4.90 Å². The molecule has 0 aromatic heterocycles. The highest BCUT2D eigenvalue weighted by Crippen LogP contribution is 2.34. The normalized spacial score (nSPS) is 24.9. The van der Waals surface area contributed by atoms with Gasteiger partial charge in [0.25, 0.3) is 0 Å². The lowest BCUT2D eigenvalue weighted by molar-refractivity contribution is -0.901. The van der Waals surface area contributed by atoms with E-state index in [1.54, 1.807) is 12.1 Å². The van der Waals surface area contributed by atoms with E-state index in [2.05, 4.69) is 0 Å². The second kappa shape index (κ2) is 6.42. The van der Waals surface area contributed by atoms with Crippen LogP contribution < -0.4 is 4.90 Å². The first-order valence-corrected chi connectivity index (χ1v) is 8.11. The zero-order valence-corrected chi connectivity index (χ0v) is 13.6. The highest BCUT2D eigenvalue weighted by Gasteiger charge is 2.48. The van der Waals surface area contributed by atoms with Gasteiger partial charge in [0.2, 0.25) is 11.8 Å². The fourth-order valence-corrected chi connectivity index (χ4v) is 3.58. The van der Waals surface area contributed by atoms with Gasteiger partial charge in [0.05, 0.1) is 29.5 Å². The third kappa shape index (κ3) is 3.03. The van der Waals surface area contributed by atoms with Crippen molar-refractivity contribution < 1.29 is 18.9 Å². The van der Waals surface area contributed by atoms with Crippen molar-refractivity contribution in [1.82, 2.24) is 4.90 Å². The van der Waals surface area contributed by atoms with E-state index in [4.69, 9.17) is 11.6 Å². The van der Waals surface area contributed by atoms with E-state index in [-0.39, 0.29) is 36.1 Å². The van der Waals surface area contributed by atoms with Crippen LogP contribution in [0.15, 0.2) is 30.4 Å². The maximum atomic E-state index is 13.9. The van der Waals surface area contributed by atoms with E-state index >= 15 is 0 Å². The maximum Gasteiger partial charge on any atom is 0.237 e. The summed E-state index contributed by atoms with van der Waals surface area (Å²) >= 11 is 6.04. The summed E-state index contributed by atoms with van der Waals surface area (Å²) in [4.78, 5) is 27.0. The summed E-state index contributed by atoms with van der Waals surface area (Å²) in [6.45, 7) is 0.547. The monoisotopic (exact) mass is 337 g/mol. The maximum absolute atomic E-state index is 13.9. The van der Waals surface area contributed by atoms with E-state index < -0.39 is 0 Å². The van der Waals surface area contributed by atoms with Crippen LogP contribution in [-0.4, -0.2) is 30.4 Å². The number of allylic oxidation sites excluding steroid dienone is 2. The van der Waals surface area contributed by atoms with Crippen molar-refractivity contribution in [2.24, 2.45) is 11.8 Å². The van der Waals surface area contributed by atoms with Crippen molar-refractivity contribution in [3.05, 3.63) is 46.8 Å². The largest absolute Gasteiger partial charge is 0.316 e. The Kier molecular flexibility index (Phi) is 4.50. The Labute approximate surface area is 139 Å². The molecule has 1 N–H and O–H groups in total. The van der Waals surface area contributed by atoms with Gasteiger partial charge in [-0.1, -0.05) is 29.8 Å². The van der Waals surface area contributed by atoms with Crippen LogP contribution in [0.25, 0.3) is 0 Å². The molecule has 1 saturated heterocycles. The summed E-state index contributed by atoms with van der Waals surface area (Å²) in [6, 6.07) is 4.56. The van der Waals surface area contributed by atoms with Gasteiger partial charge in [0, 0.05) is 0 Å². The molecule has 1 fully saturated rings. The van der Waals surface area contributed by atoms with Crippen LogP contribution in [0.3, 0.4) is 0 Å². The topological polar surface area (TPSA) is 41.8 Å². The molecule has 6 heteroatoms. The van der Waals surface area contributed by atoms with Gasteiger partial charge in [0.1, 0.15) is 12.4 Å². The minimum atomic E-state index is -0.367. The number of nitrogens with zero attached hydrogens (tertiary/aromatic N) is 1. The molecule has 1 heterocycles. The molecule has 23 heavy (non-hydrogen) atoms. The van der Waals surface area contributed by atoms with Gasteiger partial charge in [-0.15, -0.1) is 0 Å². The van der Waals surface area contributed by atoms with Crippen LogP contribution in [0.2, 0.25) is 5.02 Å². The van der Waals surface area contributed by atoms with E-state index in [1.165, 1.54) is 11.0 Å². The summed E-state index contributed by atoms with van der Waals surface area (Å²) in [5.74, 6) is -1.03. The Morgan fingerprint density at radius 3 is 2.39 bits per heavy atom. The summed E-state index contributed by atoms with van der Waals surface area (Å²) in [5.41, 5.74) is 0.407. The number of carbonyl (C=O) groups is 2. The Hall–Kier alpha value is -1.72. The lowest BCUT2D eigenvalue weighted by atomic mass is 9.85. The summed E-state index contributed by atoms with van der Waals surface area (Å²) in [6.07, 6.45) is 5.19. The number of rotatable bonds is 4. The van der Waals surface area contributed by atoms with Gasteiger partial charge < -0.3 is 4.90 Å². The lowest BCUT2D eigenvalue weighted by Crippen LogP contribution is -3.09. The van der Waals surface area contributed by atoms with Crippen LogP contribution in [0.4, 0.5) is 4.39 Å². The number of imide groups is 1. The van der Waals surface area contributed by atoms with Crippen molar-refractivity contribution in [2.75, 3.05) is 13.7 Å². The third-order valence-electron chi connectivity index (χ3n) is 4.57. The number of hydrogen-bond donors (Lipinski definition) is 1. The quantitative estimate of drug-likeness (QED) is 0.666. The molecular formula is C17H19ClFN2O2+. The van der Waals surface area contributed by atoms with Gasteiger partial charge >= 0.3 is 0 Å². The summed E-state index contributed by atoms with van der Waals surface area (Å²) in [5, 5.41) is 0.362. The molecule has 3 atom stereocenters. The van der Waals surface area contributed by atoms with Gasteiger partial charge in [0.15, 0.2) is 6.67 Å². The van der Waals surface area contributed by atoms with Crippen molar-refractivity contribution in [3.63, 3.8) is 0 Å². The molecule has 1 aromatic rings. The minimum absolute atomic E-state index is 0.108. The lowest BCUT2D eigenvalue weighted by Gasteiger charge is -2.21. The van der Waals surface area contributed by atoms with Crippen LogP contribution >= 0.6 is 11.6 Å². The fourth-order valence-electron chi connectivity index (χ4n) is 3.35. The molecule has 122 valence electrons. The zero-order chi connectivity index (χ0) is 16.6. The molecule has 0 saturated carbocycles. The Bertz CT molecular complexity index is 630. The highest BCUT2D eigenvalue weighted by atomic mass is 35.5. The number of amides is 2. The van der Waals surface area contributed by atoms with Crippen LogP contribution in [-0.2, 0) is 16.1 Å². The van der Waals surface area contributed by atoms with E-state index in [1.807, 2.05) is 19.2 Å². The summed E-state index contributed by atoms with van der Waals surface area (Å²) < 4.78 is 13.9. The van der Waals surface area contributed by atoms with Crippen molar-refractivity contribution >= 4 is 23.4 Å². The molecular weight excluding hydrogens is 319 g/mol. The van der Waals surface area contributed by atoms with Gasteiger partial charge in [-0.25, -0.2) is 9.29 Å². The molecule has 2 aliphatic rings. The van der Waals surface area contributed by atoms with E-state index in [0.29, 0.717) is 30.0 Å². The molecule has 4 nitrogen and oxygen atoms in total. The number of fused-ring (bicyclic) bond motifs is 1. The molecule has 1 unspecified atom stereocenters. The number of quaternary nitrogens is 1. The fraction of sp³-hybridized carbons (Fsp3) is 0.412. The average Bonchev–Trinajstić information content (AvgIpc) is 2.77.